The van der Waals surface area contributed by atoms with Crippen molar-refractivity contribution >= 4 is 12.4 Å². The lowest BCUT2D eigenvalue weighted by Gasteiger charge is -2.26. The summed E-state index contributed by atoms with van der Waals surface area (Å²) >= 11 is 0. The van der Waals surface area contributed by atoms with Crippen LogP contribution in [0.5, 0.6) is 0 Å². The van der Waals surface area contributed by atoms with E-state index in [4.69, 9.17) is 4.74 Å². The van der Waals surface area contributed by atoms with Gasteiger partial charge in [0.15, 0.2) is 0 Å². The van der Waals surface area contributed by atoms with Gasteiger partial charge in [0, 0.05) is 32.3 Å². The summed E-state index contributed by atoms with van der Waals surface area (Å²) < 4.78 is 33.1. The number of hydrogen-bond acceptors (Lipinski definition) is 3. The van der Waals surface area contributed by atoms with Gasteiger partial charge < -0.3 is 15.4 Å². The van der Waals surface area contributed by atoms with Crippen LogP contribution >= 0.6 is 12.4 Å². The second-order valence-electron chi connectivity index (χ2n) is 4.49. The van der Waals surface area contributed by atoms with Gasteiger partial charge in [-0.05, 0) is 24.6 Å². The van der Waals surface area contributed by atoms with Crippen LogP contribution in [0.15, 0.2) is 12.1 Å². The zero-order chi connectivity index (χ0) is 13.1. The van der Waals surface area contributed by atoms with E-state index in [2.05, 4.69) is 10.6 Å². The van der Waals surface area contributed by atoms with Crippen LogP contribution in [0.25, 0.3) is 0 Å². The molecular weight excluding hydrogens is 274 g/mol. The summed E-state index contributed by atoms with van der Waals surface area (Å²) in [6, 6.07) is 2.39. The van der Waals surface area contributed by atoms with Crippen LogP contribution in [0.4, 0.5) is 8.78 Å². The van der Waals surface area contributed by atoms with Crippen molar-refractivity contribution in [3.05, 3.63) is 34.9 Å². The minimum atomic E-state index is -0.518. The number of ether oxygens (including phenoxy) is 1. The molecule has 0 aromatic heterocycles. The number of rotatable bonds is 3. The van der Waals surface area contributed by atoms with Crippen LogP contribution in [0.3, 0.4) is 0 Å². The second-order valence-corrected chi connectivity index (χ2v) is 4.49. The first-order valence-corrected chi connectivity index (χ1v) is 6.09. The van der Waals surface area contributed by atoms with E-state index in [9.17, 15) is 8.78 Å². The Morgan fingerprint density at radius 1 is 1.26 bits per heavy atom. The Kier molecular flexibility index (Phi) is 6.13. The van der Waals surface area contributed by atoms with Crippen LogP contribution in [0.1, 0.15) is 30.2 Å². The zero-order valence-corrected chi connectivity index (χ0v) is 11.8. The number of halogens is 3. The Balaban J connectivity index is 0.00000180. The van der Waals surface area contributed by atoms with Gasteiger partial charge in [-0.15, -0.1) is 12.4 Å². The van der Waals surface area contributed by atoms with Gasteiger partial charge in [0.1, 0.15) is 11.6 Å². The first-order chi connectivity index (χ1) is 8.63. The fraction of sp³-hybridized carbons (Fsp3) is 0.538. The minimum Gasteiger partial charge on any atom is -0.377 e. The maximum absolute atomic E-state index is 14.0. The Morgan fingerprint density at radius 3 is 2.37 bits per heavy atom. The normalized spacial score (nSPS) is 20.7. The average molecular weight is 293 g/mol. The van der Waals surface area contributed by atoms with E-state index >= 15 is 0 Å². The Bertz CT molecular complexity index is 402. The van der Waals surface area contributed by atoms with Gasteiger partial charge in [-0.1, -0.05) is 0 Å². The van der Waals surface area contributed by atoms with Crippen LogP contribution < -0.4 is 10.6 Å². The number of hydrogen-bond donors (Lipinski definition) is 2. The average Bonchev–Trinajstić information content (AvgIpc) is 2.38. The van der Waals surface area contributed by atoms with Gasteiger partial charge in [0.05, 0.1) is 12.1 Å². The van der Waals surface area contributed by atoms with Crippen LogP contribution in [0, 0.1) is 11.6 Å². The molecule has 2 atom stereocenters. The molecule has 3 nitrogen and oxygen atoms in total. The highest BCUT2D eigenvalue weighted by molar-refractivity contribution is 5.85. The maximum atomic E-state index is 14.0. The van der Waals surface area contributed by atoms with E-state index in [-0.39, 0.29) is 30.1 Å². The number of piperazine rings is 1. The highest BCUT2D eigenvalue weighted by Gasteiger charge is 2.23. The third-order valence-electron chi connectivity index (χ3n) is 3.31. The summed E-state index contributed by atoms with van der Waals surface area (Å²) in [5.41, 5.74) is 0.620. The maximum Gasteiger partial charge on any atom is 0.131 e. The molecule has 0 aliphatic carbocycles. The fourth-order valence-electron chi connectivity index (χ4n) is 2.17. The molecule has 1 aliphatic heterocycles. The molecular formula is C13H19ClF2N2O. The lowest BCUT2D eigenvalue weighted by molar-refractivity contribution is 0.119. The highest BCUT2D eigenvalue weighted by Crippen LogP contribution is 2.26. The molecule has 1 aliphatic rings. The Hall–Kier alpha value is -0.750. The minimum absolute atomic E-state index is 0. The molecule has 19 heavy (non-hydrogen) atoms. The van der Waals surface area contributed by atoms with E-state index in [1.807, 2.05) is 0 Å². The molecule has 1 heterocycles. The van der Waals surface area contributed by atoms with Crippen molar-refractivity contribution in [2.45, 2.75) is 19.1 Å². The van der Waals surface area contributed by atoms with Gasteiger partial charge in [-0.25, -0.2) is 8.78 Å². The van der Waals surface area contributed by atoms with E-state index in [0.717, 1.165) is 6.54 Å². The quantitative estimate of drug-likeness (QED) is 0.897. The molecule has 2 rings (SSSR count). The van der Waals surface area contributed by atoms with Crippen molar-refractivity contribution < 1.29 is 13.5 Å². The largest absolute Gasteiger partial charge is 0.377 e. The topological polar surface area (TPSA) is 33.3 Å². The summed E-state index contributed by atoms with van der Waals surface area (Å²) in [6.45, 7) is 3.82. The second kappa shape index (κ2) is 7.14. The SMILES string of the molecule is COC(C)c1cc(F)c(C2CNCCN2)c(F)c1.Cl. The monoisotopic (exact) mass is 292 g/mol. The van der Waals surface area contributed by atoms with Crippen LogP contribution in [0.2, 0.25) is 0 Å². The standard InChI is InChI=1S/C13H18F2N2O.ClH/c1-8(18-2)9-5-10(14)13(11(15)6-9)12-7-16-3-4-17-12;/h5-6,8,12,16-17H,3-4,7H2,1-2H3;1H. The Morgan fingerprint density at radius 2 is 1.89 bits per heavy atom. The molecule has 0 amide bonds. The van der Waals surface area contributed by atoms with Gasteiger partial charge in [0.25, 0.3) is 0 Å². The van der Waals surface area contributed by atoms with E-state index in [0.29, 0.717) is 18.7 Å². The van der Waals surface area contributed by atoms with Crippen LogP contribution in [-0.2, 0) is 4.74 Å². The van der Waals surface area contributed by atoms with Gasteiger partial charge in [-0.2, -0.15) is 0 Å². The molecule has 0 bridgehead atoms. The third kappa shape index (κ3) is 3.63. The van der Waals surface area contributed by atoms with Crippen molar-refractivity contribution in [3.8, 4) is 0 Å². The van der Waals surface area contributed by atoms with Crippen LogP contribution in [-0.4, -0.2) is 26.7 Å². The smallest absolute Gasteiger partial charge is 0.131 e. The molecule has 108 valence electrons. The van der Waals surface area contributed by atoms with E-state index in [1.165, 1.54) is 19.2 Å². The number of nitrogens with one attached hydrogen (secondary N) is 2. The summed E-state index contributed by atoms with van der Waals surface area (Å²) in [5.74, 6) is -1.04. The molecule has 0 saturated carbocycles. The Labute approximate surface area is 118 Å². The lowest BCUT2D eigenvalue weighted by atomic mass is 10.00. The summed E-state index contributed by atoms with van der Waals surface area (Å²) in [7, 11) is 1.51. The summed E-state index contributed by atoms with van der Waals surface area (Å²) in [5, 5.41) is 6.22. The molecule has 1 aromatic carbocycles. The summed E-state index contributed by atoms with van der Waals surface area (Å²) in [4.78, 5) is 0. The number of methoxy groups -OCH3 is 1. The predicted molar refractivity (Wildman–Crippen MR) is 72.6 cm³/mol. The highest BCUT2D eigenvalue weighted by atomic mass is 35.5. The molecule has 1 fully saturated rings. The van der Waals surface area contributed by atoms with Crippen molar-refractivity contribution in [1.82, 2.24) is 10.6 Å². The predicted octanol–water partition coefficient (Wildman–Crippen LogP) is 2.33. The van der Waals surface area contributed by atoms with Crippen molar-refractivity contribution in [2.75, 3.05) is 26.7 Å². The lowest BCUT2D eigenvalue weighted by Crippen LogP contribution is -2.43. The first-order valence-electron chi connectivity index (χ1n) is 6.09. The van der Waals surface area contributed by atoms with Crippen molar-refractivity contribution in [3.63, 3.8) is 0 Å². The van der Waals surface area contributed by atoms with Gasteiger partial charge in [-0.3, -0.25) is 0 Å². The van der Waals surface area contributed by atoms with Gasteiger partial charge >= 0.3 is 0 Å². The molecule has 0 spiro atoms. The third-order valence-corrected chi connectivity index (χ3v) is 3.31. The molecule has 0 radical (unpaired) electrons. The fourth-order valence-corrected chi connectivity index (χ4v) is 2.17. The molecule has 2 N–H and O–H groups in total. The van der Waals surface area contributed by atoms with E-state index < -0.39 is 11.6 Å². The van der Waals surface area contributed by atoms with Gasteiger partial charge in [0.2, 0.25) is 0 Å². The van der Waals surface area contributed by atoms with Crippen molar-refractivity contribution in [2.24, 2.45) is 0 Å². The first kappa shape index (κ1) is 16.3. The molecule has 1 saturated heterocycles. The summed E-state index contributed by atoms with van der Waals surface area (Å²) in [6.07, 6.45) is -0.319. The van der Waals surface area contributed by atoms with Crippen molar-refractivity contribution in [1.29, 1.82) is 0 Å². The number of benzene rings is 1. The molecule has 2 unspecified atom stereocenters. The van der Waals surface area contributed by atoms with E-state index in [1.54, 1.807) is 6.92 Å². The molecule has 6 heteroatoms. The zero-order valence-electron chi connectivity index (χ0n) is 11.0. The molecule has 1 aromatic rings.